The molecule has 2 aromatic rings. The van der Waals surface area contributed by atoms with Gasteiger partial charge in [-0.3, -0.25) is 14.6 Å². The van der Waals surface area contributed by atoms with Crippen LogP contribution in [0.25, 0.3) is 0 Å². The van der Waals surface area contributed by atoms with Crippen LogP contribution < -0.4 is 10.6 Å². The molecule has 2 amide bonds. The summed E-state index contributed by atoms with van der Waals surface area (Å²) in [5, 5.41) is 6.56. The van der Waals surface area contributed by atoms with Crippen molar-refractivity contribution in [2.75, 3.05) is 45.1 Å². The number of aliphatic imine (C=N–C) groups is 1. The first-order chi connectivity index (χ1) is 14.5. The van der Waals surface area contributed by atoms with Crippen LogP contribution in [0.5, 0.6) is 0 Å². The van der Waals surface area contributed by atoms with Crippen molar-refractivity contribution in [1.82, 2.24) is 15.1 Å². The third-order valence-corrected chi connectivity index (χ3v) is 5.16. The number of amides is 2. The summed E-state index contributed by atoms with van der Waals surface area (Å²) in [4.78, 5) is 32.7. The molecule has 2 heterocycles. The molecule has 1 aliphatic rings. The second kappa shape index (κ2) is 10.2. The Bertz CT molecular complexity index is 905. The van der Waals surface area contributed by atoms with E-state index in [2.05, 4.69) is 20.5 Å². The molecular weight excluding hydrogens is 406 g/mol. The van der Waals surface area contributed by atoms with Crippen LogP contribution in [0.3, 0.4) is 0 Å². The number of aryl methyl sites for hydroxylation is 1. The van der Waals surface area contributed by atoms with Crippen LogP contribution in [-0.2, 0) is 4.79 Å². The SMILES string of the molecule is CN=C(NCCC(=O)Nc1ccc(C)cc1Cl)N1CCN(C(=O)c2ccco2)CC1. The highest BCUT2D eigenvalue weighted by atomic mass is 35.5. The summed E-state index contributed by atoms with van der Waals surface area (Å²) in [5.74, 6) is 0.832. The lowest BCUT2D eigenvalue weighted by molar-refractivity contribution is -0.116. The van der Waals surface area contributed by atoms with E-state index in [0.29, 0.717) is 55.2 Å². The van der Waals surface area contributed by atoms with E-state index in [1.54, 1.807) is 30.1 Å². The molecule has 0 unspecified atom stereocenters. The van der Waals surface area contributed by atoms with Gasteiger partial charge in [0.2, 0.25) is 5.91 Å². The first kappa shape index (κ1) is 21.7. The van der Waals surface area contributed by atoms with Crippen LogP contribution in [0.4, 0.5) is 5.69 Å². The fourth-order valence-electron chi connectivity index (χ4n) is 3.23. The second-order valence-electron chi connectivity index (χ2n) is 7.01. The largest absolute Gasteiger partial charge is 0.459 e. The van der Waals surface area contributed by atoms with Crippen LogP contribution in [0.1, 0.15) is 22.5 Å². The Balaban J connectivity index is 1.42. The molecule has 0 spiro atoms. The lowest BCUT2D eigenvalue weighted by Crippen LogP contribution is -2.54. The van der Waals surface area contributed by atoms with E-state index in [1.807, 2.05) is 19.1 Å². The molecule has 2 N–H and O–H groups in total. The summed E-state index contributed by atoms with van der Waals surface area (Å²) < 4.78 is 5.19. The summed E-state index contributed by atoms with van der Waals surface area (Å²) in [6.07, 6.45) is 1.78. The number of benzene rings is 1. The molecule has 1 saturated heterocycles. The topological polar surface area (TPSA) is 90.2 Å². The summed E-state index contributed by atoms with van der Waals surface area (Å²) in [6, 6.07) is 8.89. The first-order valence-electron chi connectivity index (χ1n) is 9.82. The number of halogens is 1. The Hall–Kier alpha value is -3.00. The van der Waals surface area contributed by atoms with Gasteiger partial charge in [0.05, 0.1) is 17.0 Å². The smallest absolute Gasteiger partial charge is 0.289 e. The molecular formula is C21H26ClN5O3. The Morgan fingerprint density at radius 2 is 1.90 bits per heavy atom. The molecule has 0 bridgehead atoms. The van der Waals surface area contributed by atoms with Crippen molar-refractivity contribution in [2.24, 2.45) is 4.99 Å². The normalized spacial score (nSPS) is 14.6. The maximum absolute atomic E-state index is 12.4. The zero-order chi connectivity index (χ0) is 21.5. The summed E-state index contributed by atoms with van der Waals surface area (Å²) in [6.45, 7) is 4.83. The summed E-state index contributed by atoms with van der Waals surface area (Å²) in [7, 11) is 1.70. The fourth-order valence-corrected chi connectivity index (χ4v) is 3.51. The van der Waals surface area contributed by atoms with E-state index in [0.717, 1.165) is 5.56 Å². The van der Waals surface area contributed by atoms with Gasteiger partial charge in [0.25, 0.3) is 5.91 Å². The molecule has 8 nitrogen and oxygen atoms in total. The van der Waals surface area contributed by atoms with E-state index >= 15 is 0 Å². The number of hydrogen-bond acceptors (Lipinski definition) is 4. The molecule has 30 heavy (non-hydrogen) atoms. The Morgan fingerprint density at radius 3 is 2.53 bits per heavy atom. The summed E-state index contributed by atoms with van der Waals surface area (Å²) >= 11 is 6.16. The molecule has 1 aliphatic heterocycles. The minimum Gasteiger partial charge on any atom is -0.459 e. The van der Waals surface area contributed by atoms with Crippen LogP contribution in [0.15, 0.2) is 46.0 Å². The van der Waals surface area contributed by atoms with Crippen LogP contribution in [0, 0.1) is 6.92 Å². The number of hydrogen-bond donors (Lipinski definition) is 2. The minimum atomic E-state index is -0.127. The average Bonchev–Trinajstić information content (AvgIpc) is 3.28. The average molecular weight is 432 g/mol. The van der Waals surface area contributed by atoms with Crippen molar-refractivity contribution in [2.45, 2.75) is 13.3 Å². The number of guanidine groups is 1. The lowest BCUT2D eigenvalue weighted by Gasteiger charge is -2.36. The molecule has 9 heteroatoms. The minimum absolute atomic E-state index is 0.103. The van der Waals surface area contributed by atoms with Gasteiger partial charge in [0.1, 0.15) is 0 Å². The molecule has 1 aromatic heterocycles. The van der Waals surface area contributed by atoms with Crippen LogP contribution in [0.2, 0.25) is 5.02 Å². The van der Waals surface area contributed by atoms with Gasteiger partial charge in [-0.1, -0.05) is 17.7 Å². The van der Waals surface area contributed by atoms with Gasteiger partial charge in [-0.15, -0.1) is 0 Å². The predicted molar refractivity (Wildman–Crippen MR) is 117 cm³/mol. The monoisotopic (exact) mass is 431 g/mol. The van der Waals surface area contributed by atoms with Crippen LogP contribution in [-0.4, -0.2) is 67.3 Å². The van der Waals surface area contributed by atoms with Gasteiger partial charge in [-0.25, -0.2) is 0 Å². The third-order valence-electron chi connectivity index (χ3n) is 4.84. The van der Waals surface area contributed by atoms with Crippen molar-refractivity contribution in [3.8, 4) is 0 Å². The van der Waals surface area contributed by atoms with Crippen molar-refractivity contribution in [3.05, 3.63) is 52.9 Å². The number of rotatable bonds is 5. The van der Waals surface area contributed by atoms with E-state index < -0.39 is 0 Å². The maximum Gasteiger partial charge on any atom is 0.289 e. The van der Waals surface area contributed by atoms with Crippen LogP contribution >= 0.6 is 11.6 Å². The Morgan fingerprint density at radius 1 is 1.17 bits per heavy atom. The fraction of sp³-hybridized carbons (Fsp3) is 0.381. The molecule has 1 aromatic carbocycles. The van der Waals surface area contributed by atoms with Crippen molar-refractivity contribution in [3.63, 3.8) is 0 Å². The second-order valence-corrected chi connectivity index (χ2v) is 7.42. The predicted octanol–water partition coefficient (Wildman–Crippen LogP) is 2.60. The van der Waals surface area contributed by atoms with Gasteiger partial charge in [0.15, 0.2) is 11.7 Å². The van der Waals surface area contributed by atoms with E-state index in [9.17, 15) is 9.59 Å². The number of furan rings is 1. The van der Waals surface area contributed by atoms with E-state index in [4.69, 9.17) is 16.0 Å². The van der Waals surface area contributed by atoms with Gasteiger partial charge >= 0.3 is 0 Å². The molecule has 0 radical (unpaired) electrons. The Kier molecular flexibility index (Phi) is 7.35. The zero-order valence-electron chi connectivity index (χ0n) is 17.2. The highest BCUT2D eigenvalue weighted by Gasteiger charge is 2.25. The lowest BCUT2D eigenvalue weighted by atomic mass is 10.2. The first-order valence-corrected chi connectivity index (χ1v) is 10.2. The van der Waals surface area contributed by atoms with E-state index in [-0.39, 0.29) is 18.2 Å². The molecule has 160 valence electrons. The van der Waals surface area contributed by atoms with Gasteiger partial charge in [0, 0.05) is 46.2 Å². The number of piperazine rings is 1. The quantitative estimate of drug-likeness (QED) is 0.561. The molecule has 0 atom stereocenters. The van der Waals surface area contributed by atoms with Gasteiger partial charge in [-0.2, -0.15) is 0 Å². The van der Waals surface area contributed by atoms with Gasteiger partial charge in [-0.05, 0) is 36.8 Å². The van der Waals surface area contributed by atoms with E-state index in [1.165, 1.54) is 6.26 Å². The number of carbonyl (C=O) groups excluding carboxylic acids is 2. The zero-order valence-corrected chi connectivity index (χ0v) is 17.9. The number of anilines is 1. The van der Waals surface area contributed by atoms with Crippen molar-refractivity contribution >= 4 is 35.1 Å². The third kappa shape index (κ3) is 5.54. The molecule has 0 saturated carbocycles. The highest BCUT2D eigenvalue weighted by Crippen LogP contribution is 2.22. The Labute approximate surface area is 180 Å². The number of nitrogens with zero attached hydrogens (tertiary/aromatic N) is 3. The standard InChI is InChI=1S/C21H26ClN5O3/c1-15-5-6-17(16(22)14-15)25-19(28)7-8-24-21(23-2)27-11-9-26(10-12-27)20(29)18-4-3-13-30-18/h3-6,13-14H,7-12H2,1-2H3,(H,23,24)(H,25,28). The molecule has 3 rings (SSSR count). The van der Waals surface area contributed by atoms with Crippen molar-refractivity contribution < 1.29 is 14.0 Å². The van der Waals surface area contributed by atoms with Gasteiger partial charge < -0.3 is 24.9 Å². The van der Waals surface area contributed by atoms with Crippen molar-refractivity contribution in [1.29, 1.82) is 0 Å². The number of nitrogens with one attached hydrogen (secondary N) is 2. The molecule has 1 fully saturated rings. The summed E-state index contributed by atoms with van der Waals surface area (Å²) in [5.41, 5.74) is 1.64. The maximum atomic E-state index is 12.4. The number of carbonyl (C=O) groups is 2. The molecule has 0 aliphatic carbocycles. The highest BCUT2D eigenvalue weighted by molar-refractivity contribution is 6.33.